The van der Waals surface area contributed by atoms with Crippen LogP contribution in [0.15, 0.2) is 28.7 Å². The standard InChI is InChI=1S/C23H25ClFN3O4.ClH/c1-3-32-19(30)9-18(29)16-12-28(14-4-5-14)21-15(23(16)31)8-17(25)22(20(21)24)27-7-6-13(11-27)10-26-2;/h6,8,12,14,26H,3-5,7,9-11H2,1-2H3;1H. The maximum absolute atomic E-state index is 15.2. The van der Waals surface area contributed by atoms with Crippen LogP contribution in [0.25, 0.3) is 10.9 Å². The van der Waals surface area contributed by atoms with Gasteiger partial charge in [-0.05, 0) is 38.5 Å². The van der Waals surface area contributed by atoms with Crippen LogP contribution in [-0.2, 0) is 9.53 Å². The SMILES string of the molecule is CCOC(=O)CC(=O)c1cn(C2CC2)c2c(Cl)c(N3CC=C(CNC)C3)c(F)cc2c1=O.Cl. The summed E-state index contributed by atoms with van der Waals surface area (Å²) < 4.78 is 21.9. The van der Waals surface area contributed by atoms with E-state index >= 15 is 4.39 Å². The first kappa shape index (κ1) is 25.2. The van der Waals surface area contributed by atoms with Crippen molar-refractivity contribution in [3.63, 3.8) is 0 Å². The fourth-order valence-electron chi connectivity index (χ4n) is 4.14. The smallest absolute Gasteiger partial charge is 0.313 e. The van der Waals surface area contributed by atoms with E-state index in [2.05, 4.69) is 5.32 Å². The van der Waals surface area contributed by atoms with Gasteiger partial charge in [-0.1, -0.05) is 17.7 Å². The summed E-state index contributed by atoms with van der Waals surface area (Å²) in [6, 6.07) is 1.23. The average molecular weight is 498 g/mol. The molecule has 33 heavy (non-hydrogen) atoms. The Bertz CT molecular complexity index is 1190. The van der Waals surface area contributed by atoms with Crippen molar-refractivity contribution in [1.29, 1.82) is 0 Å². The number of hydrogen-bond acceptors (Lipinski definition) is 6. The predicted molar refractivity (Wildman–Crippen MR) is 128 cm³/mol. The van der Waals surface area contributed by atoms with E-state index in [1.807, 2.05) is 18.0 Å². The number of benzene rings is 1. The summed E-state index contributed by atoms with van der Waals surface area (Å²) in [5.74, 6) is -1.96. The lowest BCUT2D eigenvalue weighted by atomic mass is 10.0. The normalized spacial score (nSPS) is 15.4. The van der Waals surface area contributed by atoms with E-state index in [9.17, 15) is 14.4 Å². The summed E-state index contributed by atoms with van der Waals surface area (Å²) in [4.78, 5) is 39.4. The second kappa shape index (κ2) is 10.2. The van der Waals surface area contributed by atoms with Crippen LogP contribution in [0.5, 0.6) is 0 Å². The van der Waals surface area contributed by atoms with Gasteiger partial charge in [-0.15, -0.1) is 12.4 Å². The molecule has 10 heteroatoms. The number of carbonyl (C=O) groups excluding carboxylic acids is 2. The van der Waals surface area contributed by atoms with Crippen molar-refractivity contribution in [2.75, 3.05) is 38.2 Å². The van der Waals surface area contributed by atoms with Crippen LogP contribution >= 0.6 is 24.0 Å². The van der Waals surface area contributed by atoms with E-state index in [0.29, 0.717) is 25.2 Å². The van der Waals surface area contributed by atoms with Crippen LogP contribution in [0.1, 0.15) is 42.6 Å². The quantitative estimate of drug-likeness (QED) is 0.259. The number of halogens is 3. The number of rotatable bonds is 8. The Labute approximate surface area is 201 Å². The molecular weight excluding hydrogens is 472 g/mol. The number of ketones is 1. The van der Waals surface area contributed by atoms with E-state index in [1.54, 1.807) is 11.5 Å². The molecule has 2 aliphatic rings. The van der Waals surface area contributed by atoms with Gasteiger partial charge < -0.3 is 19.5 Å². The summed E-state index contributed by atoms with van der Waals surface area (Å²) in [6.45, 7) is 3.53. The molecule has 0 bridgehead atoms. The number of likely N-dealkylation sites (N-methyl/N-ethyl adjacent to an activating group) is 1. The fraction of sp³-hybridized carbons (Fsp3) is 0.435. The maximum atomic E-state index is 15.2. The molecule has 0 spiro atoms. The number of fused-ring (bicyclic) bond motifs is 1. The topological polar surface area (TPSA) is 80.6 Å². The van der Waals surface area contributed by atoms with E-state index in [1.165, 1.54) is 6.20 Å². The minimum atomic E-state index is -0.701. The molecule has 0 saturated heterocycles. The van der Waals surface area contributed by atoms with Gasteiger partial charge in [0.1, 0.15) is 12.2 Å². The summed E-state index contributed by atoms with van der Waals surface area (Å²) >= 11 is 6.72. The first-order chi connectivity index (χ1) is 15.3. The van der Waals surface area contributed by atoms with Gasteiger partial charge in [0.25, 0.3) is 0 Å². The third-order valence-corrected chi connectivity index (χ3v) is 6.11. The van der Waals surface area contributed by atoms with E-state index in [4.69, 9.17) is 16.3 Å². The number of carbonyl (C=O) groups is 2. The van der Waals surface area contributed by atoms with Crippen molar-refractivity contribution >= 4 is 52.4 Å². The summed E-state index contributed by atoms with van der Waals surface area (Å²) in [7, 11) is 1.85. The second-order valence-corrected chi connectivity index (χ2v) is 8.48. The molecule has 0 amide bonds. The van der Waals surface area contributed by atoms with Gasteiger partial charge in [-0.2, -0.15) is 0 Å². The Morgan fingerprint density at radius 2 is 2.06 bits per heavy atom. The molecule has 1 saturated carbocycles. The fourth-order valence-corrected chi connectivity index (χ4v) is 4.55. The number of ether oxygens (including phenoxy) is 1. The Morgan fingerprint density at radius 1 is 1.33 bits per heavy atom. The molecule has 0 atom stereocenters. The molecule has 2 aromatic rings. The second-order valence-electron chi connectivity index (χ2n) is 8.11. The summed E-state index contributed by atoms with van der Waals surface area (Å²) in [5.41, 5.74) is 1.02. The van der Waals surface area contributed by atoms with E-state index in [-0.39, 0.29) is 46.7 Å². The van der Waals surface area contributed by atoms with Crippen molar-refractivity contribution in [2.45, 2.75) is 32.2 Å². The van der Waals surface area contributed by atoms with Crippen LogP contribution in [0.4, 0.5) is 10.1 Å². The Balaban J connectivity index is 0.00000306. The van der Waals surface area contributed by atoms with Crippen molar-refractivity contribution in [1.82, 2.24) is 9.88 Å². The third-order valence-electron chi connectivity index (χ3n) is 5.75. The Kier molecular flexibility index (Phi) is 7.82. The zero-order valence-electron chi connectivity index (χ0n) is 18.5. The maximum Gasteiger partial charge on any atom is 0.313 e. The summed E-state index contributed by atoms with van der Waals surface area (Å²) in [5, 5.41) is 3.29. The molecular formula is C23H26Cl2FN3O4. The summed E-state index contributed by atoms with van der Waals surface area (Å²) in [6.07, 6.45) is 4.68. The number of esters is 1. The molecule has 1 N–H and O–H groups in total. The molecule has 178 valence electrons. The van der Waals surface area contributed by atoms with Gasteiger partial charge >= 0.3 is 5.97 Å². The molecule has 4 rings (SSSR count). The molecule has 2 heterocycles. The Morgan fingerprint density at radius 3 is 2.70 bits per heavy atom. The first-order valence-corrected chi connectivity index (χ1v) is 11.1. The highest BCUT2D eigenvalue weighted by Crippen LogP contribution is 2.42. The lowest BCUT2D eigenvalue weighted by Crippen LogP contribution is -2.25. The molecule has 1 aliphatic heterocycles. The Hall–Kier alpha value is -2.42. The molecule has 1 aromatic heterocycles. The monoisotopic (exact) mass is 497 g/mol. The van der Waals surface area contributed by atoms with Gasteiger partial charge in [0.15, 0.2) is 11.2 Å². The van der Waals surface area contributed by atoms with E-state index in [0.717, 1.165) is 24.5 Å². The molecule has 0 unspecified atom stereocenters. The van der Waals surface area contributed by atoms with Gasteiger partial charge in [0.2, 0.25) is 0 Å². The van der Waals surface area contributed by atoms with Gasteiger partial charge in [0, 0.05) is 31.9 Å². The number of hydrogen-bond donors (Lipinski definition) is 1. The van der Waals surface area contributed by atoms with Gasteiger partial charge in [-0.25, -0.2) is 4.39 Å². The van der Waals surface area contributed by atoms with Crippen LogP contribution in [0.3, 0.4) is 0 Å². The number of Topliss-reactive ketones (excluding diaryl/α,β-unsaturated/α-hetero) is 1. The molecule has 1 aromatic carbocycles. The highest BCUT2D eigenvalue weighted by molar-refractivity contribution is 6.38. The largest absolute Gasteiger partial charge is 0.466 e. The minimum Gasteiger partial charge on any atom is -0.466 e. The van der Waals surface area contributed by atoms with Crippen LogP contribution in [0, 0.1) is 5.82 Å². The lowest BCUT2D eigenvalue weighted by molar-refractivity contribution is -0.141. The number of anilines is 1. The highest BCUT2D eigenvalue weighted by atomic mass is 35.5. The van der Waals surface area contributed by atoms with Crippen molar-refractivity contribution in [3.05, 3.63) is 50.5 Å². The van der Waals surface area contributed by atoms with Crippen LogP contribution in [-0.4, -0.2) is 49.6 Å². The van der Waals surface area contributed by atoms with Crippen molar-refractivity contribution in [3.8, 4) is 0 Å². The van der Waals surface area contributed by atoms with Crippen LogP contribution in [0.2, 0.25) is 5.02 Å². The van der Waals surface area contributed by atoms with Crippen molar-refractivity contribution in [2.24, 2.45) is 0 Å². The van der Waals surface area contributed by atoms with Gasteiger partial charge in [-0.3, -0.25) is 14.4 Å². The van der Waals surface area contributed by atoms with Crippen molar-refractivity contribution < 1.29 is 18.7 Å². The number of nitrogens with one attached hydrogen (secondary N) is 1. The van der Waals surface area contributed by atoms with Gasteiger partial charge in [0.05, 0.1) is 33.8 Å². The number of aromatic nitrogens is 1. The molecule has 0 radical (unpaired) electrons. The minimum absolute atomic E-state index is 0. The van der Waals surface area contributed by atoms with Crippen LogP contribution < -0.4 is 15.6 Å². The average Bonchev–Trinajstić information content (AvgIpc) is 3.48. The lowest BCUT2D eigenvalue weighted by Gasteiger charge is -2.23. The molecule has 1 fully saturated rings. The number of nitrogens with zero attached hydrogens (tertiary/aromatic N) is 2. The third kappa shape index (κ3) is 4.93. The van der Waals surface area contributed by atoms with E-state index < -0.39 is 29.4 Å². The molecule has 7 nitrogen and oxygen atoms in total. The zero-order valence-corrected chi connectivity index (χ0v) is 20.0. The first-order valence-electron chi connectivity index (χ1n) is 10.7. The molecule has 1 aliphatic carbocycles. The highest BCUT2D eigenvalue weighted by Gasteiger charge is 2.31. The number of pyridine rings is 1. The predicted octanol–water partition coefficient (Wildman–Crippen LogP) is 3.65. The zero-order chi connectivity index (χ0) is 23.0.